The number of halogens is 2. The van der Waals surface area contributed by atoms with Crippen LogP contribution >= 0.6 is 23.2 Å². The molecule has 0 bridgehead atoms. The lowest BCUT2D eigenvalue weighted by Crippen LogP contribution is -2.40. The van der Waals surface area contributed by atoms with Gasteiger partial charge in [-0.05, 0) is 51.3 Å². The molecule has 2 rings (SSSR count). The minimum atomic E-state index is -0.568. The van der Waals surface area contributed by atoms with Crippen LogP contribution in [0.25, 0.3) is 0 Å². The van der Waals surface area contributed by atoms with Gasteiger partial charge in [-0.25, -0.2) is 4.79 Å². The van der Waals surface area contributed by atoms with Gasteiger partial charge >= 0.3 is 6.09 Å². The normalized spacial score (nSPS) is 20.1. The molecule has 1 aromatic carbocycles. The van der Waals surface area contributed by atoms with E-state index in [0.29, 0.717) is 36.3 Å². The first kappa shape index (κ1) is 23.8. The van der Waals surface area contributed by atoms with Gasteiger partial charge in [-0.1, -0.05) is 29.3 Å². The molecule has 0 radical (unpaired) electrons. The molecule has 1 heterocycles. The Kier molecular flexibility index (Phi) is 8.61. The van der Waals surface area contributed by atoms with E-state index in [2.05, 4.69) is 5.32 Å². The molecular weight excluding hydrogens is 415 g/mol. The maximum absolute atomic E-state index is 12.7. The van der Waals surface area contributed by atoms with Crippen molar-refractivity contribution in [2.45, 2.75) is 58.2 Å². The zero-order valence-corrected chi connectivity index (χ0v) is 19.0. The lowest BCUT2D eigenvalue weighted by molar-refractivity contribution is -0.119. The van der Waals surface area contributed by atoms with Crippen molar-refractivity contribution in [3.63, 3.8) is 0 Å². The van der Waals surface area contributed by atoms with Crippen molar-refractivity contribution in [2.24, 2.45) is 0 Å². The molecule has 0 saturated carbocycles. The van der Waals surface area contributed by atoms with Gasteiger partial charge in [-0.3, -0.25) is 4.79 Å². The van der Waals surface area contributed by atoms with E-state index in [4.69, 9.17) is 32.7 Å². The van der Waals surface area contributed by atoms with E-state index in [0.717, 1.165) is 18.4 Å². The van der Waals surface area contributed by atoms with Gasteiger partial charge in [-0.15, -0.1) is 0 Å². The number of carbonyl (C=O) groups is 2. The van der Waals surface area contributed by atoms with E-state index in [1.54, 1.807) is 11.0 Å². The summed E-state index contributed by atoms with van der Waals surface area (Å²) in [7, 11) is 0. The molecule has 0 spiro atoms. The van der Waals surface area contributed by atoms with Crippen LogP contribution in [-0.4, -0.2) is 54.8 Å². The highest BCUT2D eigenvalue weighted by Crippen LogP contribution is 2.33. The third-order valence-electron chi connectivity index (χ3n) is 4.62. The highest BCUT2D eigenvalue weighted by Gasteiger charge is 2.33. The third kappa shape index (κ3) is 7.68. The second kappa shape index (κ2) is 10.5. The fourth-order valence-electron chi connectivity index (χ4n) is 3.28. The quantitative estimate of drug-likeness (QED) is 0.672. The number of nitrogens with zero attached hydrogens (tertiary/aromatic N) is 1. The molecular formula is C21H30Cl2N2O4. The van der Waals surface area contributed by atoms with Crippen molar-refractivity contribution in [1.82, 2.24) is 10.2 Å². The SMILES string of the molecule is CC(=O)NCCCC1OCCN(C(=O)OC(C)(C)C)CC1c1ccc(Cl)c(Cl)c1. The first-order valence-corrected chi connectivity index (χ1v) is 10.6. The van der Waals surface area contributed by atoms with Gasteiger partial charge in [0.15, 0.2) is 0 Å². The molecule has 1 fully saturated rings. The number of nitrogens with one attached hydrogen (secondary N) is 1. The first-order valence-electron chi connectivity index (χ1n) is 9.85. The number of rotatable bonds is 5. The monoisotopic (exact) mass is 444 g/mol. The van der Waals surface area contributed by atoms with Crippen LogP contribution in [0.4, 0.5) is 4.79 Å². The van der Waals surface area contributed by atoms with Gasteiger partial charge in [0.05, 0.1) is 22.8 Å². The van der Waals surface area contributed by atoms with E-state index >= 15 is 0 Å². The van der Waals surface area contributed by atoms with E-state index in [1.165, 1.54) is 6.92 Å². The van der Waals surface area contributed by atoms with Crippen molar-refractivity contribution in [2.75, 3.05) is 26.2 Å². The van der Waals surface area contributed by atoms with E-state index in [-0.39, 0.29) is 24.0 Å². The average Bonchev–Trinajstić information content (AvgIpc) is 2.82. The average molecular weight is 445 g/mol. The topological polar surface area (TPSA) is 67.9 Å². The zero-order chi connectivity index (χ0) is 21.6. The highest BCUT2D eigenvalue weighted by atomic mass is 35.5. The summed E-state index contributed by atoms with van der Waals surface area (Å²) in [4.78, 5) is 25.5. The van der Waals surface area contributed by atoms with Crippen LogP contribution in [0.1, 0.15) is 52.0 Å². The molecule has 8 heteroatoms. The van der Waals surface area contributed by atoms with Crippen molar-refractivity contribution >= 4 is 35.2 Å². The summed E-state index contributed by atoms with van der Waals surface area (Å²) in [6.07, 6.45) is 1.04. The van der Waals surface area contributed by atoms with Crippen LogP contribution in [-0.2, 0) is 14.3 Å². The standard InChI is InChI=1S/C21H30Cl2N2O4/c1-14(26)24-9-5-6-19-16(15-7-8-17(22)18(23)12-15)13-25(10-11-28-19)20(27)29-21(2,3)4/h7-8,12,16,19H,5-6,9-11,13H2,1-4H3,(H,24,26). The molecule has 1 saturated heterocycles. The molecule has 1 aliphatic rings. The van der Waals surface area contributed by atoms with Gasteiger partial charge in [0.2, 0.25) is 5.91 Å². The largest absolute Gasteiger partial charge is 0.444 e. The Balaban J connectivity index is 2.19. The maximum Gasteiger partial charge on any atom is 0.410 e. The fourth-order valence-corrected chi connectivity index (χ4v) is 3.59. The van der Waals surface area contributed by atoms with Crippen LogP contribution in [0, 0.1) is 0 Å². The minimum Gasteiger partial charge on any atom is -0.444 e. The molecule has 0 aliphatic carbocycles. The number of carbonyl (C=O) groups excluding carboxylic acids is 2. The van der Waals surface area contributed by atoms with Crippen LogP contribution in [0.15, 0.2) is 18.2 Å². The zero-order valence-electron chi connectivity index (χ0n) is 17.5. The highest BCUT2D eigenvalue weighted by molar-refractivity contribution is 6.42. The van der Waals surface area contributed by atoms with Crippen LogP contribution in [0.2, 0.25) is 10.0 Å². The summed E-state index contributed by atoms with van der Waals surface area (Å²) in [6.45, 7) is 8.95. The smallest absolute Gasteiger partial charge is 0.410 e. The molecule has 1 aliphatic heterocycles. The minimum absolute atomic E-state index is 0.0519. The van der Waals surface area contributed by atoms with Crippen LogP contribution in [0.3, 0.4) is 0 Å². The van der Waals surface area contributed by atoms with Crippen molar-refractivity contribution in [3.8, 4) is 0 Å². The molecule has 2 unspecified atom stereocenters. The number of hydrogen-bond donors (Lipinski definition) is 1. The summed E-state index contributed by atoms with van der Waals surface area (Å²) >= 11 is 12.3. The molecule has 29 heavy (non-hydrogen) atoms. The summed E-state index contributed by atoms with van der Waals surface area (Å²) in [5, 5.41) is 3.76. The summed E-state index contributed by atoms with van der Waals surface area (Å²) < 4.78 is 11.7. The van der Waals surface area contributed by atoms with Gasteiger partial charge in [0.1, 0.15) is 5.60 Å². The third-order valence-corrected chi connectivity index (χ3v) is 5.36. The lowest BCUT2D eigenvalue weighted by Gasteiger charge is -2.30. The Hall–Kier alpha value is -1.50. The van der Waals surface area contributed by atoms with E-state index < -0.39 is 5.60 Å². The Morgan fingerprint density at radius 3 is 2.62 bits per heavy atom. The second-order valence-electron chi connectivity index (χ2n) is 8.24. The molecule has 2 atom stereocenters. The molecule has 2 amide bonds. The predicted molar refractivity (Wildman–Crippen MR) is 115 cm³/mol. The van der Waals surface area contributed by atoms with Crippen LogP contribution in [0.5, 0.6) is 0 Å². The molecule has 6 nitrogen and oxygen atoms in total. The summed E-state index contributed by atoms with van der Waals surface area (Å²) in [5.41, 5.74) is 0.389. The van der Waals surface area contributed by atoms with Gasteiger partial charge < -0.3 is 19.7 Å². The Bertz CT molecular complexity index is 721. The van der Waals surface area contributed by atoms with Gasteiger partial charge in [0.25, 0.3) is 0 Å². The number of amides is 2. The summed E-state index contributed by atoms with van der Waals surface area (Å²) in [6, 6.07) is 5.51. The molecule has 1 N–H and O–H groups in total. The van der Waals surface area contributed by atoms with Gasteiger partial charge in [-0.2, -0.15) is 0 Å². The Labute approximate surface area is 182 Å². The first-order chi connectivity index (χ1) is 13.6. The fraction of sp³-hybridized carbons (Fsp3) is 0.619. The van der Waals surface area contributed by atoms with Gasteiger partial charge in [0, 0.05) is 32.5 Å². The number of benzene rings is 1. The second-order valence-corrected chi connectivity index (χ2v) is 9.06. The molecule has 0 aromatic heterocycles. The van der Waals surface area contributed by atoms with Crippen molar-refractivity contribution < 1.29 is 19.1 Å². The summed E-state index contributed by atoms with van der Waals surface area (Å²) in [5.74, 6) is -0.138. The Morgan fingerprint density at radius 1 is 1.28 bits per heavy atom. The maximum atomic E-state index is 12.7. The number of hydrogen-bond acceptors (Lipinski definition) is 4. The lowest BCUT2D eigenvalue weighted by atomic mass is 9.90. The van der Waals surface area contributed by atoms with Crippen molar-refractivity contribution in [1.29, 1.82) is 0 Å². The molecule has 162 valence electrons. The van der Waals surface area contributed by atoms with Crippen molar-refractivity contribution in [3.05, 3.63) is 33.8 Å². The van der Waals surface area contributed by atoms with Crippen LogP contribution < -0.4 is 5.32 Å². The van der Waals surface area contributed by atoms with E-state index in [1.807, 2.05) is 32.9 Å². The number of ether oxygens (including phenoxy) is 2. The Morgan fingerprint density at radius 2 is 2.00 bits per heavy atom. The van der Waals surface area contributed by atoms with E-state index in [9.17, 15) is 9.59 Å². The molecule has 1 aromatic rings. The predicted octanol–water partition coefficient (Wildman–Crippen LogP) is 4.63.